The minimum atomic E-state index is 0.956. The zero-order chi connectivity index (χ0) is 19.7. The number of unbranched alkanes of at least 4 members (excludes halogenated alkanes) is 11. The van der Waals surface area contributed by atoms with Crippen LogP contribution < -0.4 is 0 Å². The third-order valence-corrected chi connectivity index (χ3v) is 5.40. The van der Waals surface area contributed by atoms with Gasteiger partial charge in [0.1, 0.15) is 0 Å². The molecule has 0 aromatic heterocycles. The third kappa shape index (κ3) is 9.88. The first-order valence-electron chi connectivity index (χ1n) is 11.6. The predicted molar refractivity (Wildman–Crippen MR) is 125 cm³/mol. The summed E-state index contributed by atoms with van der Waals surface area (Å²) in [5, 5.41) is 0. The van der Waals surface area contributed by atoms with E-state index in [1.54, 1.807) is 0 Å². The van der Waals surface area contributed by atoms with Gasteiger partial charge in [0.2, 0.25) is 0 Å². The van der Waals surface area contributed by atoms with Gasteiger partial charge in [-0.25, -0.2) is 0 Å². The molecule has 0 bridgehead atoms. The van der Waals surface area contributed by atoms with Crippen LogP contribution in [-0.4, -0.2) is 12.8 Å². The summed E-state index contributed by atoms with van der Waals surface area (Å²) in [7, 11) is 0. The molecule has 0 radical (unpaired) electrons. The summed E-state index contributed by atoms with van der Waals surface area (Å²) < 4.78 is 0. The van der Waals surface area contributed by atoms with Gasteiger partial charge < -0.3 is 0 Å². The number of aliphatic imine (C=N–C) groups is 1. The van der Waals surface area contributed by atoms with E-state index in [1.807, 2.05) is 6.21 Å². The molecule has 0 fully saturated rings. The molecule has 0 spiro atoms. The van der Waals surface area contributed by atoms with Gasteiger partial charge in [-0.05, 0) is 23.1 Å². The summed E-state index contributed by atoms with van der Waals surface area (Å²) in [6.45, 7) is 3.24. The lowest BCUT2D eigenvalue weighted by Gasteiger charge is -2.02. The van der Waals surface area contributed by atoms with Crippen molar-refractivity contribution in [3.63, 3.8) is 0 Å². The largest absolute Gasteiger partial charge is 0.293 e. The standard InChI is InChI=1S/C27H39N/c1-2-3-4-5-6-7-8-9-10-11-12-16-23-28-24-25-19-21-27(22-20-25)26-17-14-13-15-18-26/h13-15,17-22,24H,2-12,16,23H2,1H3. The Morgan fingerprint density at radius 1 is 0.571 bits per heavy atom. The Labute approximate surface area is 173 Å². The maximum absolute atomic E-state index is 4.60. The van der Waals surface area contributed by atoms with E-state index in [1.165, 1.54) is 93.7 Å². The fourth-order valence-corrected chi connectivity index (χ4v) is 3.61. The van der Waals surface area contributed by atoms with E-state index in [-0.39, 0.29) is 0 Å². The molecule has 152 valence electrons. The summed E-state index contributed by atoms with van der Waals surface area (Å²) in [6, 6.07) is 19.2. The van der Waals surface area contributed by atoms with Crippen molar-refractivity contribution in [3.8, 4) is 11.1 Å². The molecule has 0 saturated carbocycles. The zero-order valence-corrected chi connectivity index (χ0v) is 17.9. The van der Waals surface area contributed by atoms with E-state index < -0.39 is 0 Å². The van der Waals surface area contributed by atoms with Gasteiger partial charge in [-0.3, -0.25) is 4.99 Å². The molecule has 0 aliphatic heterocycles. The molecule has 2 aromatic rings. The molecular formula is C27H39N. The summed E-state index contributed by atoms with van der Waals surface area (Å²) in [5.74, 6) is 0. The number of hydrogen-bond donors (Lipinski definition) is 0. The Morgan fingerprint density at radius 2 is 1.07 bits per heavy atom. The fourth-order valence-electron chi connectivity index (χ4n) is 3.61. The molecule has 0 saturated heterocycles. The van der Waals surface area contributed by atoms with Crippen LogP contribution in [0.2, 0.25) is 0 Å². The van der Waals surface area contributed by atoms with Gasteiger partial charge in [0, 0.05) is 12.8 Å². The average molecular weight is 378 g/mol. The maximum atomic E-state index is 4.60. The molecule has 0 amide bonds. The Bertz CT molecular complexity index is 627. The molecular weight excluding hydrogens is 338 g/mol. The quantitative estimate of drug-likeness (QED) is 0.218. The normalized spacial score (nSPS) is 11.3. The highest BCUT2D eigenvalue weighted by Gasteiger charge is 1.96. The Kier molecular flexibility index (Phi) is 12.1. The van der Waals surface area contributed by atoms with E-state index in [0.29, 0.717) is 0 Å². The average Bonchev–Trinajstić information content (AvgIpc) is 2.75. The van der Waals surface area contributed by atoms with Crippen LogP contribution in [0, 0.1) is 0 Å². The predicted octanol–water partition coefficient (Wildman–Crippen LogP) is 8.47. The molecule has 1 heteroatoms. The molecule has 0 atom stereocenters. The molecule has 1 nitrogen and oxygen atoms in total. The lowest BCUT2D eigenvalue weighted by molar-refractivity contribution is 0.545. The van der Waals surface area contributed by atoms with Gasteiger partial charge in [0.15, 0.2) is 0 Å². The molecule has 0 aliphatic rings. The van der Waals surface area contributed by atoms with E-state index in [9.17, 15) is 0 Å². The third-order valence-electron chi connectivity index (χ3n) is 5.40. The van der Waals surface area contributed by atoms with Crippen molar-refractivity contribution in [3.05, 3.63) is 60.2 Å². The lowest BCUT2D eigenvalue weighted by atomic mass is 10.0. The number of nitrogens with zero attached hydrogens (tertiary/aromatic N) is 1. The summed E-state index contributed by atoms with van der Waals surface area (Å²) in [5.41, 5.74) is 3.72. The van der Waals surface area contributed by atoms with Crippen LogP contribution in [-0.2, 0) is 0 Å². The van der Waals surface area contributed by atoms with Gasteiger partial charge in [0.25, 0.3) is 0 Å². The smallest absolute Gasteiger partial charge is 0.0389 e. The molecule has 2 rings (SSSR count). The maximum Gasteiger partial charge on any atom is 0.0389 e. The summed E-state index contributed by atoms with van der Waals surface area (Å²) >= 11 is 0. The molecule has 0 heterocycles. The Balaban J connectivity index is 1.47. The highest BCUT2D eigenvalue weighted by atomic mass is 14.7. The van der Waals surface area contributed by atoms with Crippen molar-refractivity contribution in [1.82, 2.24) is 0 Å². The van der Waals surface area contributed by atoms with Crippen molar-refractivity contribution in [2.24, 2.45) is 4.99 Å². The highest BCUT2D eigenvalue weighted by molar-refractivity contribution is 5.81. The minimum Gasteiger partial charge on any atom is -0.293 e. The monoisotopic (exact) mass is 377 g/mol. The molecule has 0 aliphatic carbocycles. The first-order valence-corrected chi connectivity index (χ1v) is 11.6. The van der Waals surface area contributed by atoms with Crippen LogP contribution in [0.15, 0.2) is 59.6 Å². The van der Waals surface area contributed by atoms with Crippen molar-refractivity contribution < 1.29 is 0 Å². The van der Waals surface area contributed by atoms with Crippen molar-refractivity contribution >= 4 is 6.21 Å². The van der Waals surface area contributed by atoms with Crippen LogP contribution in [0.3, 0.4) is 0 Å². The molecule has 0 unspecified atom stereocenters. The number of hydrogen-bond acceptors (Lipinski definition) is 1. The van der Waals surface area contributed by atoms with Gasteiger partial charge in [-0.15, -0.1) is 0 Å². The number of benzene rings is 2. The SMILES string of the molecule is CCCCCCCCCCCCCCN=Cc1ccc(-c2ccccc2)cc1. The zero-order valence-electron chi connectivity index (χ0n) is 17.9. The van der Waals surface area contributed by atoms with Gasteiger partial charge >= 0.3 is 0 Å². The first kappa shape index (κ1) is 22.4. The van der Waals surface area contributed by atoms with Crippen LogP contribution in [0.1, 0.15) is 89.5 Å². The van der Waals surface area contributed by atoms with Crippen LogP contribution in [0.5, 0.6) is 0 Å². The van der Waals surface area contributed by atoms with Gasteiger partial charge in [-0.1, -0.05) is 132 Å². The van der Waals surface area contributed by atoms with Gasteiger partial charge in [0.05, 0.1) is 0 Å². The molecule has 0 N–H and O–H groups in total. The number of rotatable bonds is 15. The Morgan fingerprint density at radius 3 is 1.64 bits per heavy atom. The van der Waals surface area contributed by atoms with Gasteiger partial charge in [-0.2, -0.15) is 0 Å². The van der Waals surface area contributed by atoms with E-state index in [0.717, 1.165) is 6.54 Å². The summed E-state index contributed by atoms with van der Waals surface area (Å²) in [6.07, 6.45) is 18.7. The second-order valence-corrected chi connectivity index (χ2v) is 7.91. The van der Waals surface area contributed by atoms with E-state index >= 15 is 0 Å². The van der Waals surface area contributed by atoms with Crippen LogP contribution >= 0.6 is 0 Å². The van der Waals surface area contributed by atoms with E-state index in [2.05, 4.69) is 66.5 Å². The van der Waals surface area contributed by atoms with Crippen LogP contribution in [0.4, 0.5) is 0 Å². The Hall–Kier alpha value is -1.89. The van der Waals surface area contributed by atoms with Crippen molar-refractivity contribution in [2.75, 3.05) is 6.54 Å². The second kappa shape index (κ2) is 15.1. The molecule has 2 aromatic carbocycles. The highest BCUT2D eigenvalue weighted by Crippen LogP contribution is 2.18. The topological polar surface area (TPSA) is 12.4 Å². The van der Waals surface area contributed by atoms with E-state index in [4.69, 9.17) is 0 Å². The first-order chi connectivity index (χ1) is 13.9. The molecule has 28 heavy (non-hydrogen) atoms. The lowest BCUT2D eigenvalue weighted by Crippen LogP contribution is -1.87. The van der Waals surface area contributed by atoms with Crippen molar-refractivity contribution in [2.45, 2.75) is 84.0 Å². The minimum absolute atomic E-state index is 0.956. The second-order valence-electron chi connectivity index (χ2n) is 7.91. The fraction of sp³-hybridized carbons (Fsp3) is 0.519. The van der Waals surface area contributed by atoms with Crippen LogP contribution in [0.25, 0.3) is 11.1 Å². The summed E-state index contributed by atoms with van der Waals surface area (Å²) in [4.78, 5) is 4.60. The van der Waals surface area contributed by atoms with Crippen molar-refractivity contribution in [1.29, 1.82) is 0 Å².